The minimum atomic E-state index is -3.30. The highest BCUT2D eigenvalue weighted by Crippen LogP contribution is 2.39. The maximum Gasteiger partial charge on any atom is 0.211 e. The maximum absolute atomic E-state index is 12.5. The number of fused-ring (bicyclic) bond motifs is 1. The first-order valence-electron chi connectivity index (χ1n) is 13.5. The molecule has 1 fully saturated rings. The number of aliphatic hydroxyl groups is 1. The normalized spacial score (nSPS) is 18.0. The second-order valence-corrected chi connectivity index (χ2v) is 12.7. The molecule has 12 heteroatoms. The van der Waals surface area contributed by atoms with E-state index >= 15 is 0 Å². The minimum Gasteiger partial charge on any atom is -0.396 e. The molecular formula is C29H35N7O4S. The summed E-state index contributed by atoms with van der Waals surface area (Å²) in [6.07, 6.45) is 6.85. The SMILES string of the molecule is Cc1[nH]ccc(=O)c1-c1nccc(Nc2cc3c(C(C)CCO)ccc(N4C[C@H](N(C)S(C)(=O)=O)[C@H]4C)c3cn2)n1. The number of H-pyrrole nitrogens is 1. The van der Waals surface area contributed by atoms with Gasteiger partial charge >= 0.3 is 0 Å². The van der Waals surface area contributed by atoms with Crippen molar-refractivity contribution in [3.05, 3.63) is 70.4 Å². The quantitative estimate of drug-likeness (QED) is 0.273. The van der Waals surface area contributed by atoms with Crippen LogP contribution in [0.3, 0.4) is 0 Å². The molecule has 1 aliphatic heterocycles. The third-order valence-corrected chi connectivity index (χ3v) is 9.34. The smallest absolute Gasteiger partial charge is 0.211 e. The van der Waals surface area contributed by atoms with E-state index in [1.165, 1.54) is 16.6 Å². The van der Waals surface area contributed by atoms with E-state index in [-0.39, 0.29) is 30.0 Å². The molecule has 0 saturated carbocycles. The molecule has 0 aliphatic carbocycles. The molecule has 216 valence electrons. The van der Waals surface area contributed by atoms with Gasteiger partial charge in [0.1, 0.15) is 11.6 Å². The standard InChI is InChI=1S/C29H35N7O4S/c1-17(10-13-37)20-6-7-23(36-16-24(19(36)3)35(4)41(5,39)40)22-15-32-27(14-21(20)22)33-26-9-12-31-29(34-26)28-18(2)30-11-8-25(28)38/h6-9,11-12,14-15,17,19,24,37H,10,13,16H2,1-5H3,(H,30,38)(H,31,32,33,34)/t17?,19-,24+/m1/s1. The van der Waals surface area contributed by atoms with Gasteiger partial charge in [-0.1, -0.05) is 13.0 Å². The molecule has 1 aliphatic rings. The highest BCUT2D eigenvalue weighted by Gasteiger charge is 2.41. The van der Waals surface area contributed by atoms with Crippen molar-refractivity contribution in [2.45, 2.75) is 45.2 Å². The monoisotopic (exact) mass is 577 g/mol. The Labute approximate surface area is 239 Å². The van der Waals surface area contributed by atoms with Crippen molar-refractivity contribution in [3.63, 3.8) is 0 Å². The van der Waals surface area contributed by atoms with E-state index in [4.69, 9.17) is 0 Å². The van der Waals surface area contributed by atoms with Crippen molar-refractivity contribution in [3.8, 4) is 11.4 Å². The number of aromatic nitrogens is 4. The summed E-state index contributed by atoms with van der Waals surface area (Å²) in [6, 6.07) is 9.14. The number of nitrogens with zero attached hydrogens (tertiary/aromatic N) is 5. The first kappa shape index (κ1) is 28.7. The van der Waals surface area contributed by atoms with Crippen molar-refractivity contribution < 1.29 is 13.5 Å². The molecule has 1 aromatic carbocycles. The third-order valence-electron chi connectivity index (χ3n) is 8.03. The van der Waals surface area contributed by atoms with Gasteiger partial charge in [-0.25, -0.2) is 23.4 Å². The van der Waals surface area contributed by atoms with Crippen LogP contribution < -0.4 is 15.6 Å². The predicted molar refractivity (Wildman–Crippen MR) is 161 cm³/mol. The van der Waals surface area contributed by atoms with Gasteiger partial charge in [-0.05, 0) is 55.3 Å². The number of aromatic amines is 1. The summed E-state index contributed by atoms with van der Waals surface area (Å²) in [4.78, 5) is 31.3. The highest BCUT2D eigenvalue weighted by molar-refractivity contribution is 7.88. The molecule has 4 aromatic rings. The van der Waals surface area contributed by atoms with Crippen LogP contribution in [0.25, 0.3) is 22.2 Å². The lowest BCUT2D eigenvalue weighted by atomic mass is 9.90. The lowest BCUT2D eigenvalue weighted by Gasteiger charge is -2.51. The average Bonchev–Trinajstić information content (AvgIpc) is 2.92. The van der Waals surface area contributed by atoms with Crippen molar-refractivity contribution in [2.24, 2.45) is 0 Å². The van der Waals surface area contributed by atoms with E-state index in [1.54, 1.807) is 32.4 Å². The van der Waals surface area contributed by atoms with Crippen molar-refractivity contribution in [1.82, 2.24) is 24.2 Å². The summed E-state index contributed by atoms with van der Waals surface area (Å²) in [5.41, 5.74) is 2.99. The van der Waals surface area contributed by atoms with E-state index in [9.17, 15) is 18.3 Å². The Morgan fingerprint density at radius 3 is 2.66 bits per heavy atom. The van der Waals surface area contributed by atoms with Crippen molar-refractivity contribution >= 4 is 38.1 Å². The van der Waals surface area contributed by atoms with Gasteiger partial charge in [0, 0.05) is 67.7 Å². The number of aliphatic hydroxyl groups excluding tert-OH is 1. The second kappa shape index (κ2) is 11.2. The van der Waals surface area contributed by atoms with Gasteiger partial charge in [0.15, 0.2) is 11.3 Å². The summed E-state index contributed by atoms with van der Waals surface area (Å²) in [6.45, 7) is 6.56. The molecule has 3 atom stereocenters. The van der Waals surface area contributed by atoms with Crippen LogP contribution in [-0.2, 0) is 10.0 Å². The number of rotatable bonds is 9. The van der Waals surface area contributed by atoms with Crippen molar-refractivity contribution in [2.75, 3.05) is 36.7 Å². The number of nitrogens with one attached hydrogen (secondary N) is 2. The first-order valence-corrected chi connectivity index (χ1v) is 15.4. The van der Waals surface area contributed by atoms with Gasteiger partial charge in [-0.15, -0.1) is 0 Å². The van der Waals surface area contributed by atoms with Gasteiger partial charge in [0.2, 0.25) is 10.0 Å². The Bertz CT molecular complexity index is 1760. The summed E-state index contributed by atoms with van der Waals surface area (Å²) >= 11 is 0. The van der Waals surface area contributed by atoms with Gasteiger partial charge in [-0.2, -0.15) is 4.31 Å². The average molecular weight is 578 g/mol. The van der Waals surface area contributed by atoms with Crippen LogP contribution in [0, 0.1) is 6.92 Å². The third kappa shape index (κ3) is 5.54. The van der Waals surface area contributed by atoms with E-state index in [2.05, 4.69) is 49.2 Å². The molecule has 0 amide bonds. The number of likely N-dealkylation sites (N-methyl/N-ethyl adjacent to an activating group) is 1. The van der Waals surface area contributed by atoms with Crippen LogP contribution in [0.5, 0.6) is 0 Å². The number of sulfonamides is 1. The molecule has 5 rings (SSSR count). The molecule has 4 heterocycles. The Morgan fingerprint density at radius 2 is 1.98 bits per heavy atom. The zero-order valence-corrected chi connectivity index (χ0v) is 24.6. The Balaban J connectivity index is 1.51. The Kier molecular flexibility index (Phi) is 7.82. The first-order chi connectivity index (χ1) is 19.5. The Hall–Kier alpha value is -3.87. The van der Waals surface area contributed by atoms with E-state index in [1.807, 2.05) is 19.2 Å². The van der Waals surface area contributed by atoms with Crippen LogP contribution in [0.4, 0.5) is 17.3 Å². The molecular weight excluding hydrogens is 542 g/mol. The summed E-state index contributed by atoms with van der Waals surface area (Å²) in [5, 5.41) is 14.8. The molecule has 0 spiro atoms. The van der Waals surface area contributed by atoms with Gasteiger partial charge < -0.3 is 20.3 Å². The molecule has 0 bridgehead atoms. The maximum atomic E-state index is 12.5. The summed E-state index contributed by atoms with van der Waals surface area (Å²) in [7, 11) is -1.67. The molecule has 1 saturated heterocycles. The Morgan fingerprint density at radius 1 is 1.20 bits per heavy atom. The zero-order chi connectivity index (χ0) is 29.5. The number of pyridine rings is 2. The largest absolute Gasteiger partial charge is 0.396 e. The van der Waals surface area contributed by atoms with Crippen LogP contribution >= 0.6 is 0 Å². The van der Waals surface area contributed by atoms with Gasteiger partial charge in [0.05, 0.1) is 17.9 Å². The van der Waals surface area contributed by atoms with Gasteiger partial charge in [-0.3, -0.25) is 4.79 Å². The van der Waals surface area contributed by atoms with Crippen LogP contribution in [0.1, 0.15) is 37.4 Å². The van der Waals surface area contributed by atoms with Crippen LogP contribution in [0.15, 0.2) is 53.7 Å². The lowest BCUT2D eigenvalue weighted by Crippen LogP contribution is -2.65. The fourth-order valence-corrected chi connectivity index (χ4v) is 6.19. The summed E-state index contributed by atoms with van der Waals surface area (Å²) in [5.74, 6) is 1.48. The molecule has 3 N–H and O–H groups in total. The number of aryl methyl sites for hydroxylation is 1. The van der Waals surface area contributed by atoms with Crippen LogP contribution in [0.2, 0.25) is 0 Å². The molecule has 41 heavy (non-hydrogen) atoms. The number of anilines is 3. The fourth-order valence-electron chi connectivity index (χ4n) is 5.46. The minimum absolute atomic E-state index is 0.0134. The number of benzene rings is 1. The van der Waals surface area contributed by atoms with Crippen LogP contribution in [-0.4, -0.2) is 76.3 Å². The van der Waals surface area contributed by atoms with E-state index < -0.39 is 10.0 Å². The number of hydrogen-bond acceptors (Lipinski definition) is 9. The fraction of sp³-hybridized carbons (Fsp3) is 0.379. The summed E-state index contributed by atoms with van der Waals surface area (Å²) < 4.78 is 25.7. The van der Waals surface area contributed by atoms with Crippen molar-refractivity contribution in [1.29, 1.82) is 0 Å². The molecule has 1 unspecified atom stereocenters. The highest BCUT2D eigenvalue weighted by atomic mass is 32.2. The zero-order valence-electron chi connectivity index (χ0n) is 23.8. The topological polar surface area (TPSA) is 144 Å². The molecule has 0 radical (unpaired) electrons. The second-order valence-electron chi connectivity index (χ2n) is 10.7. The predicted octanol–water partition coefficient (Wildman–Crippen LogP) is 3.39. The van der Waals surface area contributed by atoms with Gasteiger partial charge in [0.25, 0.3) is 0 Å². The van der Waals surface area contributed by atoms with E-state index in [0.29, 0.717) is 41.7 Å². The molecule has 11 nitrogen and oxygen atoms in total. The lowest BCUT2D eigenvalue weighted by molar-refractivity contribution is 0.251. The molecule has 3 aromatic heterocycles. The van der Waals surface area contributed by atoms with E-state index in [0.717, 1.165) is 22.0 Å². The number of hydrogen-bond donors (Lipinski definition) is 3.